The number of para-hydroxylation sites is 2. The van der Waals surface area contributed by atoms with E-state index in [1.165, 1.54) is 12.1 Å². The van der Waals surface area contributed by atoms with Crippen molar-refractivity contribution in [2.45, 2.75) is 9.79 Å². The van der Waals surface area contributed by atoms with E-state index in [0.717, 1.165) is 18.2 Å². The van der Waals surface area contributed by atoms with E-state index in [0.29, 0.717) is 31.9 Å². The number of piperazine rings is 1. The van der Waals surface area contributed by atoms with Gasteiger partial charge in [-0.15, -0.1) is 0 Å². The van der Waals surface area contributed by atoms with Crippen LogP contribution in [0, 0.1) is 0 Å². The highest BCUT2D eigenvalue weighted by Crippen LogP contribution is 2.31. The zero-order valence-corrected chi connectivity index (χ0v) is 16.8. The van der Waals surface area contributed by atoms with Gasteiger partial charge in [-0.1, -0.05) is 12.1 Å². The van der Waals surface area contributed by atoms with Gasteiger partial charge in [-0.2, -0.15) is 0 Å². The zero-order chi connectivity index (χ0) is 19.8. The van der Waals surface area contributed by atoms with Crippen molar-refractivity contribution in [3.05, 3.63) is 42.5 Å². The molecule has 2 aromatic carbocycles. The Hall–Kier alpha value is -2.26. The monoisotopic (exact) mass is 410 g/mol. The second-order valence-electron chi connectivity index (χ2n) is 6.64. The van der Waals surface area contributed by atoms with E-state index in [4.69, 9.17) is 0 Å². The molecule has 1 saturated heterocycles. The molecular formula is C18H22N2O5S2. The van der Waals surface area contributed by atoms with Crippen LogP contribution in [-0.2, 0) is 19.7 Å². The number of hydrogen-bond donors (Lipinski definition) is 1. The molecule has 0 aliphatic carbocycles. The Morgan fingerprint density at radius 1 is 0.778 bits per heavy atom. The van der Waals surface area contributed by atoms with Crippen molar-refractivity contribution in [2.75, 3.05) is 48.5 Å². The molecule has 2 aromatic rings. The lowest BCUT2D eigenvalue weighted by atomic mass is 10.2. The van der Waals surface area contributed by atoms with Crippen LogP contribution >= 0.6 is 0 Å². The fourth-order valence-electron chi connectivity index (χ4n) is 3.20. The molecule has 0 atom stereocenters. The Labute approximate surface area is 159 Å². The smallest absolute Gasteiger partial charge is 0.177 e. The molecule has 3 rings (SSSR count). The summed E-state index contributed by atoms with van der Waals surface area (Å²) >= 11 is 0. The molecule has 1 aliphatic heterocycles. The van der Waals surface area contributed by atoms with Crippen molar-refractivity contribution < 1.29 is 21.9 Å². The first-order chi connectivity index (χ1) is 12.6. The number of benzene rings is 2. The van der Waals surface area contributed by atoms with Gasteiger partial charge >= 0.3 is 0 Å². The first-order valence-electron chi connectivity index (χ1n) is 8.39. The van der Waals surface area contributed by atoms with Gasteiger partial charge in [0.05, 0.1) is 21.2 Å². The number of hydrogen-bond acceptors (Lipinski definition) is 7. The summed E-state index contributed by atoms with van der Waals surface area (Å²) in [5.74, 6) is 0.209. The van der Waals surface area contributed by atoms with Gasteiger partial charge in [-0.05, 0) is 30.3 Å². The highest BCUT2D eigenvalue weighted by atomic mass is 32.2. The van der Waals surface area contributed by atoms with Crippen LogP contribution in [0.5, 0.6) is 5.75 Å². The zero-order valence-electron chi connectivity index (χ0n) is 15.2. The van der Waals surface area contributed by atoms with Crippen molar-refractivity contribution in [1.82, 2.24) is 0 Å². The Balaban J connectivity index is 1.89. The van der Waals surface area contributed by atoms with Crippen LogP contribution in [0.4, 0.5) is 11.4 Å². The third kappa shape index (κ3) is 4.19. The second-order valence-corrected chi connectivity index (χ2v) is 10.6. The topological polar surface area (TPSA) is 95.0 Å². The van der Waals surface area contributed by atoms with Crippen molar-refractivity contribution in [3.63, 3.8) is 0 Å². The average molecular weight is 411 g/mol. The highest BCUT2D eigenvalue weighted by Gasteiger charge is 2.25. The largest absolute Gasteiger partial charge is 0.506 e. The molecule has 0 amide bonds. The molecule has 1 N–H and O–H groups in total. The Kier molecular flexibility index (Phi) is 5.09. The Bertz CT molecular complexity index is 1060. The minimum atomic E-state index is -3.60. The van der Waals surface area contributed by atoms with Crippen LogP contribution in [0.25, 0.3) is 0 Å². The third-order valence-electron chi connectivity index (χ3n) is 4.60. The molecule has 7 nitrogen and oxygen atoms in total. The highest BCUT2D eigenvalue weighted by molar-refractivity contribution is 7.91. The Morgan fingerprint density at radius 3 is 1.85 bits per heavy atom. The van der Waals surface area contributed by atoms with E-state index in [1.54, 1.807) is 18.2 Å². The van der Waals surface area contributed by atoms with Crippen LogP contribution in [0.1, 0.15) is 0 Å². The van der Waals surface area contributed by atoms with Gasteiger partial charge in [0, 0.05) is 38.7 Å². The van der Waals surface area contributed by atoms with Gasteiger partial charge in [0.15, 0.2) is 19.7 Å². The summed E-state index contributed by atoms with van der Waals surface area (Å²) in [6.45, 7) is 2.31. The molecule has 0 spiro atoms. The summed E-state index contributed by atoms with van der Waals surface area (Å²) in [5, 5.41) is 10.0. The molecular weight excluding hydrogens is 388 g/mol. The molecule has 1 fully saturated rings. The number of phenolic OH excluding ortho intramolecular Hbond substituents is 1. The van der Waals surface area contributed by atoms with E-state index in [9.17, 15) is 21.9 Å². The predicted octanol–water partition coefficient (Wildman–Crippen LogP) is 1.53. The van der Waals surface area contributed by atoms with Gasteiger partial charge in [0.2, 0.25) is 0 Å². The molecule has 27 heavy (non-hydrogen) atoms. The average Bonchev–Trinajstić information content (AvgIpc) is 2.60. The van der Waals surface area contributed by atoms with Crippen molar-refractivity contribution in [1.29, 1.82) is 0 Å². The number of rotatable bonds is 4. The van der Waals surface area contributed by atoms with Gasteiger partial charge in [0.1, 0.15) is 5.75 Å². The lowest BCUT2D eigenvalue weighted by molar-refractivity contribution is 0.472. The minimum Gasteiger partial charge on any atom is -0.506 e. The molecule has 9 heteroatoms. The maximum Gasteiger partial charge on any atom is 0.177 e. The molecule has 0 saturated carbocycles. The fourth-order valence-corrected chi connectivity index (χ4v) is 4.84. The van der Waals surface area contributed by atoms with Crippen LogP contribution < -0.4 is 9.80 Å². The second kappa shape index (κ2) is 7.05. The number of aromatic hydroxyl groups is 1. The van der Waals surface area contributed by atoms with Crippen LogP contribution in [0.2, 0.25) is 0 Å². The summed E-state index contributed by atoms with van der Waals surface area (Å²) in [4.78, 5) is 3.97. The Morgan fingerprint density at radius 2 is 1.33 bits per heavy atom. The van der Waals surface area contributed by atoms with E-state index >= 15 is 0 Å². The van der Waals surface area contributed by atoms with E-state index in [2.05, 4.69) is 0 Å². The van der Waals surface area contributed by atoms with E-state index in [-0.39, 0.29) is 15.5 Å². The lowest BCUT2D eigenvalue weighted by Crippen LogP contribution is -2.47. The van der Waals surface area contributed by atoms with Crippen molar-refractivity contribution in [2.24, 2.45) is 0 Å². The van der Waals surface area contributed by atoms with Crippen LogP contribution in [-0.4, -0.2) is 60.6 Å². The standard InChI is InChI=1S/C18H22N2O5S2/c1-26(22,23)14-7-8-16(18(13-14)27(2,24)25)20-11-9-19(10-12-20)15-5-3-4-6-17(15)21/h3-8,13,21H,9-12H2,1-2H3. The SMILES string of the molecule is CS(=O)(=O)c1ccc(N2CCN(c3ccccc3O)CC2)c(S(C)(=O)=O)c1. The molecule has 0 bridgehead atoms. The number of phenols is 1. The summed E-state index contributed by atoms with van der Waals surface area (Å²) in [6, 6.07) is 11.3. The van der Waals surface area contributed by atoms with Gasteiger partial charge in [-0.3, -0.25) is 0 Å². The first-order valence-corrected chi connectivity index (χ1v) is 12.2. The van der Waals surface area contributed by atoms with Gasteiger partial charge < -0.3 is 14.9 Å². The third-order valence-corrected chi connectivity index (χ3v) is 6.84. The fraction of sp³-hybridized carbons (Fsp3) is 0.333. The normalized spacial score (nSPS) is 15.8. The van der Waals surface area contributed by atoms with Crippen LogP contribution in [0.3, 0.4) is 0 Å². The lowest BCUT2D eigenvalue weighted by Gasteiger charge is -2.38. The molecule has 0 radical (unpaired) electrons. The maximum atomic E-state index is 12.2. The van der Waals surface area contributed by atoms with Crippen molar-refractivity contribution in [3.8, 4) is 5.75 Å². The number of nitrogens with zero attached hydrogens (tertiary/aromatic N) is 2. The maximum absolute atomic E-state index is 12.2. The number of anilines is 2. The summed E-state index contributed by atoms with van der Waals surface area (Å²) in [5.41, 5.74) is 1.25. The minimum absolute atomic E-state index is 0.0143. The molecule has 0 unspecified atom stereocenters. The summed E-state index contributed by atoms with van der Waals surface area (Å²) in [6.07, 6.45) is 2.13. The van der Waals surface area contributed by atoms with Gasteiger partial charge in [0.25, 0.3) is 0 Å². The van der Waals surface area contributed by atoms with E-state index < -0.39 is 19.7 Å². The molecule has 146 valence electrons. The quantitative estimate of drug-likeness (QED) is 0.817. The summed E-state index contributed by atoms with van der Waals surface area (Å²) < 4.78 is 48.1. The molecule has 1 heterocycles. The number of sulfone groups is 2. The molecule has 0 aromatic heterocycles. The predicted molar refractivity (Wildman–Crippen MR) is 105 cm³/mol. The summed E-state index contributed by atoms with van der Waals surface area (Å²) in [7, 11) is -7.10. The molecule has 1 aliphatic rings. The van der Waals surface area contributed by atoms with Crippen molar-refractivity contribution >= 4 is 31.0 Å². The van der Waals surface area contributed by atoms with E-state index in [1.807, 2.05) is 21.9 Å². The van der Waals surface area contributed by atoms with Gasteiger partial charge in [-0.25, -0.2) is 16.8 Å². The van der Waals surface area contributed by atoms with Crippen LogP contribution in [0.15, 0.2) is 52.3 Å². The first kappa shape index (κ1) is 19.5.